The lowest BCUT2D eigenvalue weighted by molar-refractivity contribution is -0.151. The molecule has 0 aromatic heterocycles. The van der Waals surface area contributed by atoms with Crippen molar-refractivity contribution in [2.75, 3.05) is 13.7 Å². The van der Waals surface area contributed by atoms with Crippen molar-refractivity contribution in [2.45, 2.75) is 31.7 Å². The van der Waals surface area contributed by atoms with E-state index >= 15 is 0 Å². The summed E-state index contributed by atoms with van der Waals surface area (Å²) >= 11 is 0. The summed E-state index contributed by atoms with van der Waals surface area (Å²) < 4.78 is 4.62. The van der Waals surface area contributed by atoms with Gasteiger partial charge in [0.25, 0.3) is 0 Å². The van der Waals surface area contributed by atoms with Crippen LogP contribution in [0.3, 0.4) is 0 Å². The van der Waals surface area contributed by atoms with E-state index in [1.165, 1.54) is 12.0 Å². The number of likely N-dealkylation sites (tertiary alicyclic amines) is 1. The van der Waals surface area contributed by atoms with Crippen LogP contribution in [0, 0.1) is 0 Å². The fraction of sp³-hybridized carbons (Fsp3) is 0.636. The minimum atomic E-state index is -0.538. The number of ether oxygens (including phenoxy) is 1. The quantitative estimate of drug-likeness (QED) is 0.293. The van der Waals surface area contributed by atoms with E-state index in [2.05, 4.69) is 9.53 Å². The van der Waals surface area contributed by atoms with Crippen LogP contribution >= 0.6 is 0 Å². The first kappa shape index (κ1) is 14.1. The maximum atomic E-state index is 11.8. The Hall–Kier alpha value is -2.01. The molecular formula is C11H15N3O4. The van der Waals surface area contributed by atoms with Crippen LogP contribution in [0.15, 0.2) is 0 Å². The third kappa shape index (κ3) is 3.49. The number of ketones is 1. The fourth-order valence-electron chi connectivity index (χ4n) is 1.95. The van der Waals surface area contributed by atoms with Crippen LogP contribution in [-0.2, 0) is 19.1 Å². The summed E-state index contributed by atoms with van der Waals surface area (Å²) in [5, 5.41) is 0. The third-order valence-electron chi connectivity index (χ3n) is 2.83. The zero-order valence-corrected chi connectivity index (χ0v) is 10.2. The molecule has 0 radical (unpaired) electrons. The Kier molecular flexibility index (Phi) is 5.20. The summed E-state index contributed by atoms with van der Waals surface area (Å²) in [4.78, 5) is 38.4. The summed E-state index contributed by atoms with van der Waals surface area (Å²) in [5.74, 6) is -1.12. The molecule has 1 amide bonds. The number of carbonyl (C=O) groups is 3. The van der Waals surface area contributed by atoms with E-state index in [0.717, 1.165) is 12.6 Å². The van der Waals surface area contributed by atoms with Gasteiger partial charge in [-0.05, 0) is 12.8 Å². The second-order valence-corrected chi connectivity index (χ2v) is 3.98. The normalized spacial score (nSPS) is 18.1. The Morgan fingerprint density at radius 2 is 2.17 bits per heavy atom. The molecule has 7 heteroatoms. The first-order valence-corrected chi connectivity index (χ1v) is 5.67. The maximum absolute atomic E-state index is 11.8. The van der Waals surface area contributed by atoms with Gasteiger partial charge < -0.3 is 15.2 Å². The minimum absolute atomic E-state index is 0.00164. The van der Waals surface area contributed by atoms with Gasteiger partial charge in [-0.25, -0.2) is 4.79 Å². The SMILES string of the molecule is COC(=O)C1CCCN1C(=O)CCC(=O)C=[N+]=[N-]. The molecule has 1 unspecified atom stereocenters. The molecule has 1 fully saturated rings. The Morgan fingerprint density at radius 1 is 1.44 bits per heavy atom. The van der Waals surface area contributed by atoms with Gasteiger partial charge >= 0.3 is 12.2 Å². The first-order valence-electron chi connectivity index (χ1n) is 5.67. The number of esters is 1. The molecule has 0 saturated carbocycles. The number of methoxy groups -OCH3 is 1. The molecule has 0 spiro atoms. The number of amides is 1. The predicted octanol–water partition coefficient (Wildman–Crippen LogP) is -0.200. The van der Waals surface area contributed by atoms with Gasteiger partial charge in [0.05, 0.1) is 7.11 Å². The molecule has 98 valence electrons. The Labute approximate surface area is 104 Å². The standard InChI is InChI=1S/C11H15N3O4/c1-18-11(17)9-3-2-6-14(9)10(16)5-4-8(15)7-13-12/h7,9H,2-6H2,1H3. The largest absolute Gasteiger partial charge is 0.467 e. The highest BCUT2D eigenvalue weighted by Gasteiger charge is 2.34. The van der Waals surface area contributed by atoms with Crippen molar-refractivity contribution in [1.82, 2.24) is 4.90 Å². The lowest BCUT2D eigenvalue weighted by atomic mass is 10.2. The summed E-state index contributed by atoms with van der Waals surface area (Å²) in [7, 11) is 1.28. The van der Waals surface area contributed by atoms with Crippen molar-refractivity contribution < 1.29 is 23.9 Å². The average molecular weight is 253 g/mol. The van der Waals surface area contributed by atoms with Crippen LogP contribution in [0.5, 0.6) is 0 Å². The zero-order chi connectivity index (χ0) is 13.5. The predicted molar refractivity (Wildman–Crippen MR) is 60.7 cm³/mol. The number of Topliss-reactive ketones (excluding diaryl/α,β-unsaturated/α-hetero) is 1. The lowest BCUT2D eigenvalue weighted by Gasteiger charge is -2.22. The van der Waals surface area contributed by atoms with Gasteiger partial charge in [-0.15, -0.1) is 0 Å². The zero-order valence-electron chi connectivity index (χ0n) is 10.2. The van der Waals surface area contributed by atoms with Crippen molar-refractivity contribution in [1.29, 1.82) is 0 Å². The molecule has 7 nitrogen and oxygen atoms in total. The van der Waals surface area contributed by atoms with Crippen LogP contribution in [-0.4, -0.2) is 53.3 Å². The van der Waals surface area contributed by atoms with Gasteiger partial charge in [0.2, 0.25) is 11.7 Å². The van der Waals surface area contributed by atoms with Crippen LogP contribution < -0.4 is 0 Å². The van der Waals surface area contributed by atoms with E-state index in [9.17, 15) is 14.4 Å². The van der Waals surface area contributed by atoms with Crippen LogP contribution in [0.25, 0.3) is 5.53 Å². The molecule has 1 atom stereocenters. The Bertz CT molecular complexity index is 401. The van der Waals surface area contributed by atoms with Crippen LogP contribution in [0.4, 0.5) is 0 Å². The van der Waals surface area contributed by atoms with Gasteiger partial charge in [-0.2, -0.15) is 4.79 Å². The molecular weight excluding hydrogens is 238 g/mol. The van der Waals surface area contributed by atoms with Gasteiger partial charge in [-0.1, -0.05) is 0 Å². The molecule has 1 saturated heterocycles. The van der Waals surface area contributed by atoms with Crippen molar-refractivity contribution >= 4 is 23.9 Å². The van der Waals surface area contributed by atoms with Gasteiger partial charge in [-0.3, -0.25) is 9.59 Å². The molecule has 0 aromatic rings. The van der Waals surface area contributed by atoms with Crippen molar-refractivity contribution in [3.63, 3.8) is 0 Å². The highest BCUT2D eigenvalue weighted by molar-refractivity contribution is 6.25. The van der Waals surface area contributed by atoms with Crippen molar-refractivity contribution in [3.8, 4) is 0 Å². The number of hydrogen-bond acceptors (Lipinski definition) is 4. The van der Waals surface area contributed by atoms with E-state index in [1.54, 1.807) is 0 Å². The summed E-state index contributed by atoms with van der Waals surface area (Å²) in [6.45, 7) is 0.501. The number of hydrogen-bond donors (Lipinski definition) is 0. The van der Waals surface area contributed by atoms with E-state index < -0.39 is 17.8 Å². The number of nitrogens with zero attached hydrogens (tertiary/aromatic N) is 3. The van der Waals surface area contributed by atoms with Crippen molar-refractivity contribution in [3.05, 3.63) is 5.53 Å². The second-order valence-electron chi connectivity index (χ2n) is 3.98. The van der Waals surface area contributed by atoms with Crippen molar-refractivity contribution in [2.24, 2.45) is 0 Å². The summed E-state index contributed by atoms with van der Waals surface area (Å²) in [6, 6.07) is -0.538. The van der Waals surface area contributed by atoms with Gasteiger partial charge in [0, 0.05) is 19.4 Å². The molecule has 1 aliphatic rings. The molecule has 0 aliphatic carbocycles. The smallest absolute Gasteiger partial charge is 0.328 e. The molecule has 0 N–H and O–H groups in total. The molecule has 0 aromatic carbocycles. The highest BCUT2D eigenvalue weighted by atomic mass is 16.5. The average Bonchev–Trinajstić information content (AvgIpc) is 2.84. The summed E-state index contributed by atoms with van der Waals surface area (Å²) in [5.41, 5.74) is 8.15. The highest BCUT2D eigenvalue weighted by Crippen LogP contribution is 2.19. The monoisotopic (exact) mass is 253 g/mol. The van der Waals surface area contributed by atoms with Gasteiger partial charge in [0.15, 0.2) is 0 Å². The number of carbonyl (C=O) groups excluding carboxylic acids is 3. The molecule has 1 heterocycles. The molecule has 18 heavy (non-hydrogen) atoms. The van der Waals surface area contributed by atoms with Crippen LogP contribution in [0.2, 0.25) is 0 Å². The topological polar surface area (TPSA) is 100 Å². The van der Waals surface area contributed by atoms with E-state index in [4.69, 9.17) is 5.53 Å². The van der Waals surface area contributed by atoms with E-state index in [1.807, 2.05) is 0 Å². The Balaban J connectivity index is 2.53. The van der Waals surface area contributed by atoms with E-state index in [-0.39, 0.29) is 18.7 Å². The third-order valence-corrected chi connectivity index (χ3v) is 2.83. The first-order chi connectivity index (χ1) is 8.60. The van der Waals surface area contributed by atoms with E-state index in [0.29, 0.717) is 13.0 Å². The van der Waals surface area contributed by atoms with Gasteiger partial charge in [0.1, 0.15) is 6.04 Å². The molecule has 1 aliphatic heterocycles. The second kappa shape index (κ2) is 6.66. The lowest BCUT2D eigenvalue weighted by Crippen LogP contribution is -2.41. The molecule has 1 rings (SSSR count). The summed E-state index contributed by atoms with van der Waals surface area (Å²) in [6.07, 6.45) is 2.06. The maximum Gasteiger partial charge on any atom is 0.328 e. The Morgan fingerprint density at radius 3 is 2.78 bits per heavy atom. The fourth-order valence-corrected chi connectivity index (χ4v) is 1.95. The number of rotatable bonds is 5. The van der Waals surface area contributed by atoms with Crippen LogP contribution in [0.1, 0.15) is 25.7 Å². The minimum Gasteiger partial charge on any atom is -0.467 e. The molecule has 0 bridgehead atoms.